The average Bonchev–Trinajstić information content (AvgIpc) is 2.83. The summed E-state index contributed by atoms with van der Waals surface area (Å²) in [6, 6.07) is 9.35. The Morgan fingerprint density at radius 3 is 2.44 bits per heavy atom. The van der Waals surface area contributed by atoms with E-state index in [0.717, 1.165) is 16.7 Å². The van der Waals surface area contributed by atoms with Crippen molar-refractivity contribution >= 4 is 10.0 Å². The summed E-state index contributed by atoms with van der Waals surface area (Å²) in [6.07, 6.45) is 3.54. The first-order valence-electron chi connectivity index (χ1n) is 5.70. The van der Waals surface area contributed by atoms with Crippen molar-refractivity contribution in [2.24, 2.45) is 0 Å². The van der Waals surface area contributed by atoms with Crippen LogP contribution in [0.2, 0.25) is 0 Å². The summed E-state index contributed by atoms with van der Waals surface area (Å²) in [5.74, 6) is 0.0116. The third-order valence-corrected chi connectivity index (χ3v) is 3.93. The van der Waals surface area contributed by atoms with Crippen molar-refractivity contribution in [3.8, 4) is 0 Å². The van der Waals surface area contributed by atoms with Crippen LogP contribution in [0.3, 0.4) is 0 Å². The average molecular weight is 264 g/mol. The van der Waals surface area contributed by atoms with E-state index in [2.05, 4.69) is 9.71 Å². The Morgan fingerprint density at radius 1 is 1.11 bits per heavy atom. The van der Waals surface area contributed by atoms with Gasteiger partial charge in [-0.25, -0.2) is 13.1 Å². The van der Waals surface area contributed by atoms with E-state index in [1.165, 1.54) is 0 Å². The van der Waals surface area contributed by atoms with Gasteiger partial charge in [0.1, 0.15) is 0 Å². The normalized spacial score (nSPS) is 11.6. The van der Waals surface area contributed by atoms with Gasteiger partial charge < -0.3 is 4.98 Å². The van der Waals surface area contributed by atoms with E-state index in [1.54, 1.807) is 12.4 Å². The van der Waals surface area contributed by atoms with Crippen molar-refractivity contribution in [3.05, 3.63) is 59.4 Å². The zero-order valence-electron chi connectivity index (χ0n) is 10.2. The van der Waals surface area contributed by atoms with E-state index in [1.807, 2.05) is 37.3 Å². The summed E-state index contributed by atoms with van der Waals surface area (Å²) >= 11 is 0. The Bertz CT molecular complexity index is 586. The van der Waals surface area contributed by atoms with Crippen LogP contribution in [0.15, 0.2) is 42.7 Å². The molecule has 0 aliphatic carbocycles. The molecule has 2 N–H and O–H groups in total. The zero-order chi connectivity index (χ0) is 13.0. The molecule has 0 bridgehead atoms. The lowest BCUT2D eigenvalue weighted by Gasteiger charge is -2.06. The molecule has 0 saturated heterocycles. The van der Waals surface area contributed by atoms with Crippen molar-refractivity contribution in [2.75, 3.05) is 0 Å². The molecule has 1 heterocycles. The lowest BCUT2D eigenvalue weighted by molar-refractivity contribution is 0.580. The Labute approximate surface area is 107 Å². The molecule has 0 fully saturated rings. The van der Waals surface area contributed by atoms with Gasteiger partial charge in [0.2, 0.25) is 10.0 Å². The van der Waals surface area contributed by atoms with E-state index in [9.17, 15) is 8.42 Å². The van der Waals surface area contributed by atoms with E-state index < -0.39 is 10.0 Å². The molecular weight excluding hydrogens is 248 g/mol. The summed E-state index contributed by atoms with van der Waals surface area (Å²) in [4.78, 5) is 2.89. The maximum absolute atomic E-state index is 11.9. The van der Waals surface area contributed by atoms with Crippen LogP contribution >= 0.6 is 0 Å². The zero-order valence-corrected chi connectivity index (χ0v) is 11.0. The van der Waals surface area contributed by atoms with Crippen LogP contribution in [-0.4, -0.2) is 13.4 Å². The van der Waals surface area contributed by atoms with Crippen LogP contribution in [0.25, 0.3) is 0 Å². The van der Waals surface area contributed by atoms with E-state index >= 15 is 0 Å². The lowest BCUT2D eigenvalue weighted by Crippen LogP contribution is -2.24. The van der Waals surface area contributed by atoms with Gasteiger partial charge in [-0.3, -0.25) is 0 Å². The number of aromatic nitrogens is 1. The smallest absolute Gasteiger partial charge is 0.216 e. The molecule has 5 heteroatoms. The molecule has 1 aromatic carbocycles. The Balaban J connectivity index is 1.97. The van der Waals surface area contributed by atoms with Crippen molar-refractivity contribution in [2.45, 2.75) is 19.2 Å². The maximum Gasteiger partial charge on any atom is 0.216 e. The SMILES string of the molecule is Cc1ccc(CS(=O)(=O)NCc2cc[nH]c2)cc1. The second kappa shape index (κ2) is 5.37. The number of rotatable bonds is 5. The fourth-order valence-corrected chi connectivity index (χ4v) is 2.74. The van der Waals surface area contributed by atoms with E-state index in [-0.39, 0.29) is 5.75 Å². The van der Waals surface area contributed by atoms with Gasteiger partial charge in [-0.05, 0) is 24.1 Å². The van der Waals surface area contributed by atoms with E-state index in [0.29, 0.717) is 6.54 Å². The van der Waals surface area contributed by atoms with Gasteiger partial charge >= 0.3 is 0 Å². The summed E-state index contributed by atoms with van der Waals surface area (Å²) < 4.78 is 26.3. The Kier molecular flexibility index (Phi) is 3.84. The molecule has 0 unspecified atom stereocenters. The van der Waals surface area contributed by atoms with Gasteiger partial charge in [0.15, 0.2) is 0 Å². The fraction of sp³-hybridized carbons (Fsp3) is 0.231. The quantitative estimate of drug-likeness (QED) is 0.867. The number of benzene rings is 1. The number of aromatic amines is 1. The molecule has 0 aliphatic heterocycles. The third kappa shape index (κ3) is 3.72. The van der Waals surface area contributed by atoms with Crippen LogP contribution < -0.4 is 4.72 Å². The van der Waals surface area contributed by atoms with E-state index in [4.69, 9.17) is 0 Å². The van der Waals surface area contributed by atoms with Gasteiger partial charge in [0.05, 0.1) is 5.75 Å². The minimum absolute atomic E-state index is 0.0116. The summed E-state index contributed by atoms with van der Waals surface area (Å²) in [7, 11) is -3.29. The largest absolute Gasteiger partial charge is 0.367 e. The molecule has 2 rings (SSSR count). The first kappa shape index (κ1) is 12.9. The number of H-pyrrole nitrogens is 1. The van der Waals surface area contributed by atoms with Crippen LogP contribution in [0.1, 0.15) is 16.7 Å². The fourth-order valence-electron chi connectivity index (χ4n) is 1.62. The molecule has 4 nitrogen and oxygen atoms in total. The molecule has 0 atom stereocenters. The van der Waals surface area contributed by atoms with Crippen molar-refractivity contribution in [1.82, 2.24) is 9.71 Å². The minimum Gasteiger partial charge on any atom is -0.367 e. The Morgan fingerprint density at radius 2 is 1.83 bits per heavy atom. The van der Waals surface area contributed by atoms with Crippen LogP contribution in [0.4, 0.5) is 0 Å². The molecule has 18 heavy (non-hydrogen) atoms. The summed E-state index contributed by atoms with van der Waals surface area (Å²) in [5.41, 5.74) is 2.83. The molecule has 0 spiro atoms. The van der Waals surface area contributed by atoms with Gasteiger partial charge in [-0.15, -0.1) is 0 Å². The maximum atomic E-state index is 11.9. The standard InChI is InChI=1S/C13H16N2O2S/c1-11-2-4-12(5-3-11)10-18(16,17)15-9-13-6-7-14-8-13/h2-8,14-15H,9-10H2,1H3. The van der Waals surface area contributed by atoms with Crippen molar-refractivity contribution in [3.63, 3.8) is 0 Å². The molecule has 2 aromatic rings. The second-order valence-electron chi connectivity index (χ2n) is 4.29. The molecule has 96 valence electrons. The highest BCUT2D eigenvalue weighted by molar-refractivity contribution is 7.88. The van der Waals surface area contributed by atoms with Crippen LogP contribution in [0.5, 0.6) is 0 Å². The van der Waals surface area contributed by atoms with Gasteiger partial charge in [0, 0.05) is 18.9 Å². The minimum atomic E-state index is -3.29. The molecular formula is C13H16N2O2S. The molecule has 1 aromatic heterocycles. The predicted octanol–water partition coefficient (Wildman–Crippen LogP) is 1.94. The number of sulfonamides is 1. The first-order valence-corrected chi connectivity index (χ1v) is 7.35. The van der Waals surface area contributed by atoms with Crippen molar-refractivity contribution < 1.29 is 8.42 Å². The number of nitrogens with one attached hydrogen (secondary N) is 2. The highest BCUT2D eigenvalue weighted by Gasteiger charge is 2.11. The predicted molar refractivity (Wildman–Crippen MR) is 71.4 cm³/mol. The van der Waals surface area contributed by atoms with Crippen molar-refractivity contribution in [1.29, 1.82) is 0 Å². The first-order chi connectivity index (χ1) is 8.55. The van der Waals surface area contributed by atoms with Crippen LogP contribution in [-0.2, 0) is 22.3 Å². The Hall–Kier alpha value is -1.59. The molecule has 0 radical (unpaired) electrons. The van der Waals surface area contributed by atoms with Gasteiger partial charge in [-0.2, -0.15) is 0 Å². The topological polar surface area (TPSA) is 62.0 Å². The summed E-state index contributed by atoms with van der Waals surface area (Å²) in [5, 5.41) is 0. The lowest BCUT2D eigenvalue weighted by atomic mass is 10.2. The highest BCUT2D eigenvalue weighted by Crippen LogP contribution is 2.07. The third-order valence-electron chi connectivity index (χ3n) is 2.64. The highest BCUT2D eigenvalue weighted by atomic mass is 32.2. The monoisotopic (exact) mass is 264 g/mol. The number of hydrogen-bond acceptors (Lipinski definition) is 2. The van der Waals surface area contributed by atoms with Crippen LogP contribution in [0, 0.1) is 6.92 Å². The number of hydrogen-bond donors (Lipinski definition) is 2. The van der Waals surface area contributed by atoms with Gasteiger partial charge in [-0.1, -0.05) is 29.8 Å². The second-order valence-corrected chi connectivity index (χ2v) is 6.09. The number of aryl methyl sites for hydroxylation is 1. The van der Waals surface area contributed by atoms with Gasteiger partial charge in [0.25, 0.3) is 0 Å². The molecule has 0 aliphatic rings. The molecule has 0 saturated carbocycles. The summed E-state index contributed by atoms with van der Waals surface area (Å²) in [6.45, 7) is 2.29. The molecule has 0 amide bonds.